The number of nitrogens with zero attached hydrogens (tertiary/aromatic N) is 3. The van der Waals surface area contributed by atoms with Gasteiger partial charge in [-0.25, -0.2) is 0 Å². The zero-order valence-electron chi connectivity index (χ0n) is 9.69. The van der Waals surface area contributed by atoms with Gasteiger partial charge < -0.3 is 5.32 Å². The zero-order valence-corrected chi connectivity index (χ0v) is 9.69. The first kappa shape index (κ1) is 11.2. The Morgan fingerprint density at radius 3 is 3.19 bits per heavy atom. The summed E-state index contributed by atoms with van der Waals surface area (Å²) in [5.74, 6) is 0.212. The molecule has 0 amide bonds. The topological polar surface area (TPSA) is 53.6 Å². The number of nitrogens with one attached hydrogen (secondary N) is 1. The van der Waals surface area contributed by atoms with Crippen molar-refractivity contribution in [2.45, 2.75) is 31.7 Å². The third-order valence-electron chi connectivity index (χ3n) is 3.24. The van der Waals surface area contributed by atoms with Crippen molar-refractivity contribution in [1.29, 1.82) is 5.26 Å². The lowest BCUT2D eigenvalue weighted by atomic mass is 10.1. The Hall–Kier alpha value is -1.34. The Morgan fingerprint density at radius 2 is 2.50 bits per heavy atom. The van der Waals surface area contributed by atoms with Crippen molar-refractivity contribution in [1.82, 2.24) is 15.1 Å². The second-order valence-corrected chi connectivity index (χ2v) is 4.46. The number of aromatic nitrogens is 2. The van der Waals surface area contributed by atoms with E-state index in [4.69, 9.17) is 5.26 Å². The minimum atomic E-state index is 0.212. The molecule has 4 nitrogen and oxygen atoms in total. The van der Waals surface area contributed by atoms with Gasteiger partial charge in [0.05, 0.1) is 17.7 Å². The predicted octanol–water partition coefficient (Wildman–Crippen LogP) is 1.24. The van der Waals surface area contributed by atoms with Crippen LogP contribution in [0.5, 0.6) is 0 Å². The molecule has 2 rings (SSSR count). The van der Waals surface area contributed by atoms with Crippen molar-refractivity contribution in [3.63, 3.8) is 0 Å². The molecule has 1 fully saturated rings. The highest BCUT2D eigenvalue weighted by Gasteiger charge is 2.26. The van der Waals surface area contributed by atoms with Gasteiger partial charge in [-0.1, -0.05) is 6.42 Å². The lowest BCUT2D eigenvalue weighted by molar-refractivity contribution is 0.467. The molecule has 4 heteroatoms. The fourth-order valence-electron chi connectivity index (χ4n) is 2.34. The van der Waals surface area contributed by atoms with Crippen LogP contribution in [0.15, 0.2) is 12.3 Å². The number of hydrogen-bond donors (Lipinski definition) is 1. The third-order valence-corrected chi connectivity index (χ3v) is 3.24. The molecule has 0 radical (unpaired) electrons. The summed E-state index contributed by atoms with van der Waals surface area (Å²) >= 11 is 0. The molecule has 0 bridgehead atoms. The summed E-state index contributed by atoms with van der Waals surface area (Å²) in [4.78, 5) is 0. The highest BCUT2D eigenvalue weighted by atomic mass is 15.2. The fourth-order valence-corrected chi connectivity index (χ4v) is 2.34. The van der Waals surface area contributed by atoms with E-state index in [1.807, 2.05) is 24.0 Å². The quantitative estimate of drug-likeness (QED) is 0.827. The third kappa shape index (κ3) is 2.61. The molecule has 1 aromatic rings. The minimum absolute atomic E-state index is 0.212. The maximum Gasteiger partial charge on any atom is 0.0672 e. The normalized spacial score (nSPS) is 24.5. The number of hydrogen-bond acceptors (Lipinski definition) is 3. The molecule has 1 aliphatic carbocycles. The van der Waals surface area contributed by atoms with E-state index in [0.29, 0.717) is 6.04 Å². The molecule has 86 valence electrons. The highest BCUT2D eigenvalue weighted by Crippen LogP contribution is 2.24. The van der Waals surface area contributed by atoms with Crippen LogP contribution >= 0.6 is 0 Å². The van der Waals surface area contributed by atoms with Gasteiger partial charge in [-0.05, 0) is 18.9 Å². The van der Waals surface area contributed by atoms with Gasteiger partial charge in [0, 0.05) is 32.3 Å². The van der Waals surface area contributed by atoms with Crippen molar-refractivity contribution in [3.05, 3.63) is 18.0 Å². The fraction of sp³-hybridized carbons (Fsp3) is 0.667. The summed E-state index contributed by atoms with van der Waals surface area (Å²) in [7, 11) is 1.93. The van der Waals surface area contributed by atoms with Gasteiger partial charge in [0.15, 0.2) is 0 Å². The van der Waals surface area contributed by atoms with Crippen LogP contribution < -0.4 is 5.32 Å². The van der Waals surface area contributed by atoms with Crippen LogP contribution in [-0.4, -0.2) is 22.4 Å². The summed E-state index contributed by atoms with van der Waals surface area (Å²) in [6.45, 7) is 0.917. The van der Waals surface area contributed by atoms with Crippen LogP contribution in [0.4, 0.5) is 0 Å². The van der Waals surface area contributed by atoms with E-state index in [2.05, 4.69) is 16.5 Å². The molecular formula is C12H18N4. The van der Waals surface area contributed by atoms with Crippen LogP contribution in [0.25, 0.3) is 0 Å². The van der Waals surface area contributed by atoms with Gasteiger partial charge in [0.25, 0.3) is 0 Å². The Labute approximate surface area is 96.3 Å². The van der Waals surface area contributed by atoms with E-state index in [1.165, 1.54) is 6.42 Å². The van der Waals surface area contributed by atoms with Gasteiger partial charge in [-0.15, -0.1) is 0 Å². The molecule has 1 heterocycles. The molecule has 0 aromatic carbocycles. The molecule has 1 N–H and O–H groups in total. The van der Waals surface area contributed by atoms with Gasteiger partial charge in [-0.3, -0.25) is 4.68 Å². The lowest BCUT2D eigenvalue weighted by Gasteiger charge is -2.14. The highest BCUT2D eigenvalue weighted by molar-refractivity contribution is 5.00. The van der Waals surface area contributed by atoms with E-state index in [-0.39, 0.29) is 5.92 Å². The van der Waals surface area contributed by atoms with Crippen LogP contribution in [0.3, 0.4) is 0 Å². The second-order valence-electron chi connectivity index (χ2n) is 4.46. The van der Waals surface area contributed by atoms with Gasteiger partial charge in [-0.2, -0.15) is 10.4 Å². The molecular weight excluding hydrogens is 200 g/mol. The smallest absolute Gasteiger partial charge is 0.0672 e. The second kappa shape index (κ2) is 5.13. The minimum Gasteiger partial charge on any atom is -0.312 e. The van der Waals surface area contributed by atoms with E-state index in [1.54, 1.807) is 0 Å². The van der Waals surface area contributed by atoms with E-state index < -0.39 is 0 Å². The largest absolute Gasteiger partial charge is 0.312 e. The predicted molar refractivity (Wildman–Crippen MR) is 61.7 cm³/mol. The maximum absolute atomic E-state index is 8.95. The zero-order chi connectivity index (χ0) is 11.4. The van der Waals surface area contributed by atoms with Crippen molar-refractivity contribution in [2.75, 3.05) is 6.54 Å². The summed E-state index contributed by atoms with van der Waals surface area (Å²) in [6.07, 6.45) is 6.27. The summed E-state index contributed by atoms with van der Waals surface area (Å²) in [5, 5.41) is 16.7. The van der Waals surface area contributed by atoms with Gasteiger partial charge in [0.2, 0.25) is 0 Å². The van der Waals surface area contributed by atoms with Crippen molar-refractivity contribution in [2.24, 2.45) is 13.0 Å². The molecule has 16 heavy (non-hydrogen) atoms. The Kier molecular flexibility index (Phi) is 3.58. The molecule has 2 atom stereocenters. The number of rotatable bonds is 4. The van der Waals surface area contributed by atoms with Crippen LogP contribution in [0.2, 0.25) is 0 Å². The molecule has 0 aliphatic heterocycles. The first-order chi connectivity index (χ1) is 7.79. The summed E-state index contributed by atoms with van der Waals surface area (Å²) < 4.78 is 1.82. The molecule has 0 saturated heterocycles. The molecule has 1 aliphatic rings. The first-order valence-electron chi connectivity index (χ1n) is 5.91. The van der Waals surface area contributed by atoms with Crippen molar-refractivity contribution < 1.29 is 0 Å². The lowest BCUT2D eigenvalue weighted by Crippen LogP contribution is -2.33. The summed E-state index contributed by atoms with van der Waals surface area (Å²) in [6, 6.07) is 4.82. The molecule has 1 saturated carbocycles. The monoisotopic (exact) mass is 218 g/mol. The Balaban J connectivity index is 1.74. The average Bonchev–Trinajstić information content (AvgIpc) is 2.87. The molecule has 0 spiro atoms. The van der Waals surface area contributed by atoms with E-state index >= 15 is 0 Å². The summed E-state index contributed by atoms with van der Waals surface area (Å²) in [5.41, 5.74) is 1.11. The molecule has 2 unspecified atom stereocenters. The SMILES string of the molecule is Cn1ccc(CCNC2CCCC2C#N)n1. The average molecular weight is 218 g/mol. The standard InChI is InChI=1S/C12H18N4/c1-16-8-6-11(15-16)5-7-14-12-4-2-3-10(12)9-13/h6,8,10,12,14H,2-5,7H2,1H3. The van der Waals surface area contributed by atoms with E-state index in [9.17, 15) is 0 Å². The number of aryl methyl sites for hydroxylation is 1. The van der Waals surface area contributed by atoms with Crippen LogP contribution in [0, 0.1) is 17.2 Å². The maximum atomic E-state index is 8.95. The Morgan fingerprint density at radius 1 is 1.62 bits per heavy atom. The first-order valence-corrected chi connectivity index (χ1v) is 5.91. The number of nitriles is 1. The molecule has 1 aromatic heterocycles. The van der Waals surface area contributed by atoms with Crippen molar-refractivity contribution >= 4 is 0 Å². The van der Waals surface area contributed by atoms with Gasteiger partial charge >= 0.3 is 0 Å². The van der Waals surface area contributed by atoms with Gasteiger partial charge in [0.1, 0.15) is 0 Å². The van der Waals surface area contributed by atoms with E-state index in [0.717, 1.165) is 31.5 Å². The van der Waals surface area contributed by atoms with Crippen molar-refractivity contribution in [3.8, 4) is 6.07 Å². The Bertz CT molecular complexity index is 377. The van der Waals surface area contributed by atoms with Crippen LogP contribution in [-0.2, 0) is 13.5 Å². The van der Waals surface area contributed by atoms with Crippen LogP contribution in [0.1, 0.15) is 25.0 Å².